The van der Waals surface area contributed by atoms with Gasteiger partial charge in [0.25, 0.3) is 0 Å². The van der Waals surface area contributed by atoms with Crippen LogP contribution in [0.1, 0.15) is 11.1 Å². The molecule has 0 radical (unpaired) electrons. The Labute approximate surface area is 161 Å². The van der Waals surface area contributed by atoms with Gasteiger partial charge in [-0.05, 0) is 54.4 Å². The van der Waals surface area contributed by atoms with Crippen LogP contribution in [0.3, 0.4) is 0 Å². The molecule has 0 aliphatic rings. The number of benzene rings is 3. The molecular weight excluding hydrogens is 358 g/mol. The van der Waals surface area contributed by atoms with Crippen molar-refractivity contribution in [3.63, 3.8) is 0 Å². The molecule has 0 saturated heterocycles. The highest BCUT2D eigenvalue weighted by Gasteiger charge is 2.10. The molecule has 28 heavy (non-hydrogen) atoms. The Balaban J connectivity index is 1.53. The zero-order valence-electron chi connectivity index (χ0n) is 15.2. The van der Waals surface area contributed by atoms with Gasteiger partial charge in [-0.15, -0.1) is 0 Å². The number of halogens is 2. The van der Waals surface area contributed by atoms with Crippen LogP contribution >= 0.6 is 0 Å². The molecule has 0 spiro atoms. The van der Waals surface area contributed by atoms with Crippen LogP contribution in [0.5, 0.6) is 5.75 Å². The van der Waals surface area contributed by atoms with Gasteiger partial charge in [0.05, 0.1) is 5.69 Å². The second-order valence-electron chi connectivity index (χ2n) is 6.52. The maximum atomic E-state index is 13.5. The topological polar surface area (TPSA) is 37.9 Å². The van der Waals surface area contributed by atoms with Crippen molar-refractivity contribution in [2.45, 2.75) is 13.5 Å². The van der Waals surface area contributed by atoms with Gasteiger partial charge in [0.1, 0.15) is 18.2 Å². The van der Waals surface area contributed by atoms with Crippen molar-refractivity contribution >= 4 is 0 Å². The molecule has 3 aromatic carbocycles. The highest BCUT2D eigenvalue weighted by molar-refractivity contribution is 5.66. The molecule has 0 atom stereocenters. The van der Waals surface area contributed by atoms with E-state index in [1.807, 2.05) is 55.5 Å². The minimum Gasteiger partial charge on any atom is -0.489 e. The van der Waals surface area contributed by atoms with Gasteiger partial charge in [-0.1, -0.05) is 30.3 Å². The van der Waals surface area contributed by atoms with E-state index in [4.69, 9.17) is 4.74 Å². The number of nitrogens with zero attached hydrogens (tertiary/aromatic N) is 1. The average Bonchev–Trinajstić information content (AvgIpc) is 3.20. The summed E-state index contributed by atoms with van der Waals surface area (Å²) in [6.07, 6.45) is 1.75. The largest absolute Gasteiger partial charge is 0.489 e. The first kappa shape index (κ1) is 17.9. The number of hydrogen-bond acceptors (Lipinski definition) is 2. The lowest BCUT2D eigenvalue weighted by atomic mass is 10.1. The number of ether oxygens (including phenoxy) is 1. The zero-order valence-corrected chi connectivity index (χ0v) is 15.2. The minimum absolute atomic E-state index is 0.482. The van der Waals surface area contributed by atoms with E-state index in [1.54, 1.807) is 6.20 Å². The Morgan fingerprint density at radius 1 is 0.893 bits per heavy atom. The van der Waals surface area contributed by atoms with Crippen LogP contribution in [0.2, 0.25) is 0 Å². The molecule has 0 aliphatic heterocycles. The van der Waals surface area contributed by atoms with Crippen molar-refractivity contribution < 1.29 is 13.5 Å². The summed E-state index contributed by atoms with van der Waals surface area (Å²) >= 11 is 0. The van der Waals surface area contributed by atoms with E-state index in [1.165, 1.54) is 6.07 Å². The zero-order chi connectivity index (χ0) is 19.5. The molecule has 140 valence electrons. The predicted octanol–water partition coefficient (Wildman–Crippen LogP) is 5.91. The monoisotopic (exact) mass is 376 g/mol. The first-order chi connectivity index (χ1) is 13.6. The van der Waals surface area contributed by atoms with E-state index in [9.17, 15) is 8.78 Å². The lowest BCUT2D eigenvalue weighted by Gasteiger charge is -2.10. The number of aromatic nitrogens is 2. The van der Waals surface area contributed by atoms with Crippen molar-refractivity contribution in [1.82, 2.24) is 9.97 Å². The molecular formula is C23H18F2N2O. The van der Waals surface area contributed by atoms with Crippen molar-refractivity contribution in [3.8, 4) is 28.4 Å². The lowest BCUT2D eigenvalue weighted by molar-refractivity contribution is 0.304. The molecule has 0 aliphatic carbocycles. The van der Waals surface area contributed by atoms with Gasteiger partial charge < -0.3 is 9.72 Å². The van der Waals surface area contributed by atoms with E-state index in [0.29, 0.717) is 18.0 Å². The summed E-state index contributed by atoms with van der Waals surface area (Å²) in [6.45, 7) is 2.48. The van der Waals surface area contributed by atoms with Gasteiger partial charge in [0.2, 0.25) is 0 Å². The number of aryl methyl sites for hydroxylation is 1. The van der Waals surface area contributed by atoms with E-state index in [2.05, 4.69) is 9.97 Å². The number of H-pyrrole nitrogens is 1. The number of rotatable bonds is 5. The number of nitrogens with one attached hydrogen (secondary N) is 1. The van der Waals surface area contributed by atoms with Crippen LogP contribution in [0.4, 0.5) is 8.78 Å². The maximum absolute atomic E-state index is 13.5. The Morgan fingerprint density at radius 2 is 1.68 bits per heavy atom. The average molecular weight is 376 g/mol. The van der Waals surface area contributed by atoms with Crippen molar-refractivity contribution in [3.05, 3.63) is 95.7 Å². The minimum atomic E-state index is -0.897. The van der Waals surface area contributed by atoms with Crippen molar-refractivity contribution in [2.75, 3.05) is 0 Å². The predicted molar refractivity (Wildman–Crippen MR) is 105 cm³/mol. The summed E-state index contributed by atoms with van der Waals surface area (Å²) in [5.74, 6) is -0.483. The first-order valence-electron chi connectivity index (χ1n) is 8.89. The van der Waals surface area contributed by atoms with Crippen molar-refractivity contribution in [1.29, 1.82) is 0 Å². The van der Waals surface area contributed by atoms with Gasteiger partial charge in [0, 0.05) is 17.3 Å². The Morgan fingerprint density at radius 3 is 2.43 bits per heavy atom. The molecule has 1 heterocycles. The van der Waals surface area contributed by atoms with Gasteiger partial charge >= 0.3 is 0 Å². The standard InChI is InChI=1S/C23H18F2N2O/c1-15-11-17(8-10-22(15)28-14-16-5-3-2-4-6-16)21-13-26-23(27-21)18-7-9-19(24)20(25)12-18/h2-13H,14H2,1H3,(H,26,27). The fourth-order valence-corrected chi connectivity index (χ4v) is 2.97. The number of aromatic amines is 1. The number of imidazole rings is 1. The van der Waals surface area contributed by atoms with Crippen LogP contribution in [0.15, 0.2) is 72.9 Å². The highest BCUT2D eigenvalue weighted by Crippen LogP contribution is 2.28. The Hall–Kier alpha value is -3.47. The Kier molecular flexibility index (Phi) is 4.89. The van der Waals surface area contributed by atoms with Crippen LogP contribution in [0.25, 0.3) is 22.6 Å². The highest BCUT2D eigenvalue weighted by atomic mass is 19.2. The third kappa shape index (κ3) is 3.78. The molecule has 0 bridgehead atoms. The summed E-state index contributed by atoms with van der Waals surface area (Å²) in [6, 6.07) is 19.5. The molecule has 4 rings (SSSR count). The summed E-state index contributed by atoms with van der Waals surface area (Å²) in [5.41, 5.74) is 4.22. The van der Waals surface area contributed by atoms with E-state index >= 15 is 0 Å². The van der Waals surface area contributed by atoms with E-state index < -0.39 is 11.6 Å². The van der Waals surface area contributed by atoms with Crippen molar-refractivity contribution in [2.24, 2.45) is 0 Å². The van der Waals surface area contributed by atoms with Crippen LogP contribution in [-0.4, -0.2) is 9.97 Å². The molecule has 1 N–H and O–H groups in total. The lowest BCUT2D eigenvalue weighted by Crippen LogP contribution is -1.97. The molecule has 5 heteroatoms. The van der Waals surface area contributed by atoms with Gasteiger partial charge in [0.15, 0.2) is 11.6 Å². The summed E-state index contributed by atoms with van der Waals surface area (Å²) in [4.78, 5) is 7.52. The van der Waals surface area contributed by atoms with E-state index in [0.717, 1.165) is 40.3 Å². The summed E-state index contributed by atoms with van der Waals surface area (Å²) < 4.78 is 32.5. The molecule has 4 aromatic rings. The smallest absolute Gasteiger partial charge is 0.159 e. The third-order valence-corrected chi connectivity index (χ3v) is 4.48. The Bertz CT molecular complexity index is 1110. The molecule has 3 nitrogen and oxygen atoms in total. The summed E-state index contributed by atoms with van der Waals surface area (Å²) in [7, 11) is 0. The van der Waals surface area contributed by atoms with Crippen LogP contribution < -0.4 is 4.74 Å². The van der Waals surface area contributed by atoms with E-state index in [-0.39, 0.29) is 0 Å². The van der Waals surface area contributed by atoms with Crippen LogP contribution in [0, 0.1) is 18.6 Å². The third-order valence-electron chi connectivity index (χ3n) is 4.48. The van der Waals surface area contributed by atoms with Gasteiger partial charge in [-0.3, -0.25) is 0 Å². The quantitative estimate of drug-likeness (QED) is 0.470. The second-order valence-corrected chi connectivity index (χ2v) is 6.52. The second kappa shape index (κ2) is 7.64. The maximum Gasteiger partial charge on any atom is 0.159 e. The fourth-order valence-electron chi connectivity index (χ4n) is 2.97. The normalized spacial score (nSPS) is 10.8. The summed E-state index contributed by atoms with van der Waals surface area (Å²) in [5, 5.41) is 0. The number of hydrogen-bond donors (Lipinski definition) is 1. The molecule has 1 aromatic heterocycles. The molecule has 0 amide bonds. The molecule has 0 unspecified atom stereocenters. The van der Waals surface area contributed by atoms with Gasteiger partial charge in [-0.2, -0.15) is 0 Å². The van der Waals surface area contributed by atoms with Gasteiger partial charge in [-0.25, -0.2) is 13.8 Å². The SMILES string of the molecule is Cc1cc(-c2c[nH]c(-c3ccc(F)c(F)c3)n2)ccc1OCc1ccccc1. The molecule has 0 fully saturated rings. The molecule has 0 saturated carbocycles. The fraction of sp³-hybridized carbons (Fsp3) is 0.0870. The van der Waals surface area contributed by atoms with Crippen LogP contribution in [-0.2, 0) is 6.61 Å². The first-order valence-corrected chi connectivity index (χ1v) is 8.89.